The number of furan rings is 1. The van der Waals surface area contributed by atoms with Crippen molar-refractivity contribution < 1.29 is 27.2 Å². The van der Waals surface area contributed by atoms with Gasteiger partial charge in [0.25, 0.3) is 5.91 Å². The van der Waals surface area contributed by atoms with Crippen LogP contribution in [0, 0.1) is 20.8 Å². The summed E-state index contributed by atoms with van der Waals surface area (Å²) in [6.45, 7) is 7.63. The third kappa shape index (κ3) is 6.15. The van der Waals surface area contributed by atoms with Gasteiger partial charge in [-0.15, -0.1) is 0 Å². The van der Waals surface area contributed by atoms with E-state index in [-0.39, 0.29) is 29.1 Å². The number of rotatable bonds is 9. The zero-order chi connectivity index (χ0) is 31.6. The Labute approximate surface area is 257 Å². The van der Waals surface area contributed by atoms with E-state index in [1.807, 2.05) is 69.3 Å². The van der Waals surface area contributed by atoms with Crippen LogP contribution in [-0.4, -0.2) is 31.7 Å². The van der Waals surface area contributed by atoms with Crippen molar-refractivity contribution in [3.8, 4) is 0 Å². The molecule has 1 aliphatic rings. The number of hydrogen-bond acceptors (Lipinski definition) is 6. The minimum Gasteiger partial charge on any atom is -0.465 e. The van der Waals surface area contributed by atoms with Gasteiger partial charge in [0.2, 0.25) is 10.0 Å². The predicted molar refractivity (Wildman–Crippen MR) is 169 cm³/mol. The van der Waals surface area contributed by atoms with Gasteiger partial charge >= 0.3 is 5.97 Å². The van der Waals surface area contributed by atoms with Crippen LogP contribution in [0.1, 0.15) is 40.7 Å². The summed E-state index contributed by atoms with van der Waals surface area (Å²) in [7, 11) is -2.61. The molecule has 0 N–H and O–H groups in total. The second-order valence-corrected chi connectivity index (χ2v) is 12.7. The summed E-state index contributed by atoms with van der Waals surface area (Å²) in [6, 6.07) is 25.0. The highest BCUT2D eigenvalue weighted by atomic mass is 32.2. The highest BCUT2D eigenvalue weighted by molar-refractivity contribution is 7.89. The number of amides is 1. The lowest BCUT2D eigenvalue weighted by atomic mass is 10.1. The van der Waals surface area contributed by atoms with Gasteiger partial charge in [0, 0.05) is 17.9 Å². The summed E-state index contributed by atoms with van der Waals surface area (Å²) >= 11 is 0. The van der Waals surface area contributed by atoms with E-state index in [1.54, 1.807) is 43.3 Å². The molecule has 5 rings (SSSR count). The summed E-state index contributed by atoms with van der Waals surface area (Å²) in [4.78, 5) is 28.3. The molecule has 0 aliphatic carbocycles. The first-order valence-electron chi connectivity index (χ1n) is 14.1. The van der Waals surface area contributed by atoms with Crippen molar-refractivity contribution in [1.82, 2.24) is 4.31 Å². The molecule has 4 aromatic rings. The number of nitrogens with zero attached hydrogens (tertiary/aromatic N) is 2. The maximum absolute atomic E-state index is 13.7. The molecule has 0 saturated heterocycles. The van der Waals surface area contributed by atoms with Gasteiger partial charge in [-0.25, -0.2) is 13.2 Å². The SMILES string of the molecule is COC(=O)C1=C(C)N(c2ccc(C)c(C)c2)C(=O)/C1=C/c1ccc(CN(Cc2ccccc2)S(=O)(=O)c2ccc(C)cc2)o1. The zero-order valence-electron chi connectivity index (χ0n) is 25.3. The molecule has 0 atom stereocenters. The summed E-state index contributed by atoms with van der Waals surface area (Å²) in [5.74, 6) is -0.359. The first-order chi connectivity index (χ1) is 21.0. The number of allylic oxidation sites excluding steroid dienone is 1. The second-order valence-electron chi connectivity index (χ2n) is 10.8. The first-order valence-corrected chi connectivity index (χ1v) is 15.6. The maximum atomic E-state index is 13.7. The summed E-state index contributed by atoms with van der Waals surface area (Å²) < 4.78 is 39.9. The molecular weight excluding hydrogens is 576 g/mol. The van der Waals surface area contributed by atoms with Gasteiger partial charge in [0.05, 0.1) is 29.7 Å². The highest BCUT2D eigenvalue weighted by Crippen LogP contribution is 2.36. The molecule has 8 nitrogen and oxygen atoms in total. The van der Waals surface area contributed by atoms with Crippen molar-refractivity contribution in [3.63, 3.8) is 0 Å². The van der Waals surface area contributed by atoms with E-state index >= 15 is 0 Å². The van der Waals surface area contributed by atoms with E-state index in [9.17, 15) is 18.0 Å². The van der Waals surface area contributed by atoms with Gasteiger partial charge in [-0.1, -0.05) is 54.1 Å². The van der Waals surface area contributed by atoms with Crippen molar-refractivity contribution in [2.75, 3.05) is 12.0 Å². The topological polar surface area (TPSA) is 97.1 Å². The highest BCUT2D eigenvalue weighted by Gasteiger charge is 2.38. The molecule has 0 unspecified atom stereocenters. The molecule has 0 spiro atoms. The Kier molecular flexibility index (Phi) is 8.71. The average molecular weight is 611 g/mol. The quantitative estimate of drug-likeness (QED) is 0.159. The number of carbonyl (C=O) groups is 2. The minimum absolute atomic E-state index is 0.0459. The molecule has 226 valence electrons. The molecule has 1 aliphatic heterocycles. The number of anilines is 1. The molecule has 3 aromatic carbocycles. The second kappa shape index (κ2) is 12.5. The van der Waals surface area contributed by atoms with Gasteiger partial charge in [0.15, 0.2) is 0 Å². The van der Waals surface area contributed by atoms with E-state index in [2.05, 4.69) is 0 Å². The number of esters is 1. The van der Waals surface area contributed by atoms with Crippen LogP contribution in [0.25, 0.3) is 6.08 Å². The average Bonchev–Trinajstić information content (AvgIpc) is 3.55. The Balaban J connectivity index is 1.48. The third-order valence-electron chi connectivity index (χ3n) is 7.70. The van der Waals surface area contributed by atoms with Crippen LogP contribution < -0.4 is 4.90 Å². The van der Waals surface area contributed by atoms with E-state index in [4.69, 9.17) is 9.15 Å². The lowest BCUT2D eigenvalue weighted by Crippen LogP contribution is -2.30. The van der Waals surface area contributed by atoms with Crippen molar-refractivity contribution in [2.45, 2.75) is 45.7 Å². The fraction of sp³-hybridized carbons (Fsp3) is 0.200. The van der Waals surface area contributed by atoms with E-state index in [1.165, 1.54) is 22.4 Å². The summed E-state index contributed by atoms with van der Waals surface area (Å²) in [5, 5.41) is 0. The van der Waals surface area contributed by atoms with Gasteiger partial charge in [-0.2, -0.15) is 4.31 Å². The molecule has 1 aromatic heterocycles. The molecule has 44 heavy (non-hydrogen) atoms. The molecule has 9 heteroatoms. The maximum Gasteiger partial charge on any atom is 0.340 e. The molecule has 0 bridgehead atoms. The smallest absolute Gasteiger partial charge is 0.340 e. The molecule has 0 saturated carbocycles. The fourth-order valence-corrected chi connectivity index (χ4v) is 6.50. The van der Waals surface area contributed by atoms with Crippen molar-refractivity contribution in [1.29, 1.82) is 0 Å². The number of ether oxygens (including phenoxy) is 1. The van der Waals surface area contributed by atoms with Gasteiger partial charge in [-0.3, -0.25) is 9.69 Å². The Bertz CT molecular complexity index is 1890. The molecule has 0 radical (unpaired) electrons. The number of hydrogen-bond donors (Lipinski definition) is 0. The molecule has 0 fully saturated rings. The summed E-state index contributed by atoms with van der Waals surface area (Å²) in [5.41, 5.74) is 5.22. The van der Waals surface area contributed by atoms with Crippen LogP contribution in [0.15, 0.2) is 111 Å². The van der Waals surface area contributed by atoms with Crippen LogP contribution in [0.2, 0.25) is 0 Å². The third-order valence-corrected chi connectivity index (χ3v) is 9.51. The van der Waals surface area contributed by atoms with Gasteiger partial charge in [0.1, 0.15) is 11.5 Å². The lowest BCUT2D eigenvalue weighted by Gasteiger charge is -2.21. The van der Waals surface area contributed by atoms with Crippen LogP contribution in [0.4, 0.5) is 5.69 Å². The fourth-order valence-electron chi connectivity index (χ4n) is 5.10. The predicted octanol–water partition coefficient (Wildman–Crippen LogP) is 6.47. The largest absolute Gasteiger partial charge is 0.465 e. The van der Waals surface area contributed by atoms with Gasteiger partial charge < -0.3 is 9.15 Å². The van der Waals surface area contributed by atoms with E-state index in [0.717, 1.165) is 22.3 Å². The molecule has 2 heterocycles. The number of aryl methyl sites for hydroxylation is 3. The van der Waals surface area contributed by atoms with E-state index < -0.39 is 21.9 Å². The van der Waals surface area contributed by atoms with Crippen molar-refractivity contribution >= 4 is 33.7 Å². The Morgan fingerprint density at radius 3 is 2.25 bits per heavy atom. The number of methoxy groups -OCH3 is 1. The van der Waals surface area contributed by atoms with Crippen LogP contribution in [-0.2, 0) is 37.4 Å². The summed E-state index contributed by atoms with van der Waals surface area (Å²) in [6.07, 6.45) is 1.50. The number of carbonyl (C=O) groups excluding carboxylic acids is 2. The molecule has 1 amide bonds. The van der Waals surface area contributed by atoms with Crippen LogP contribution >= 0.6 is 0 Å². The Morgan fingerprint density at radius 2 is 1.59 bits per heavy atom. The van der Waals surface area contributed by atoms with Crippen LogP contribution in [0.3, 0.4) is 0 Å². The number of benzene rings is 3. The van der Waals surface area contributed by atoms with Crippen molar-refractivity contribution in [3.05, 3.63) is 136 Å². The normalized spacial score (nSPS) is 14.6. The van der Waals surface area contributed by atoms with Gasteiger partial charge in [-0.05, 0) is 86.9 Å². The minimum atomic E-state index is -3.88. The van der Waals surface area contributed by atoms with Crippen molar-refractivity contribution in [2.24, 2.45) is 0 Å². The van der Waals surface area contributed by atoms with Crippen LogP contribution in [0.5, 0.6) is 0 Å². The monoisotopic (exact) mass is 610 g/mol. The van der Waals surface area contributed by atoms with E-state index in [0.29, 0.717) is 22.9 Å². The number of sulfonamides is 1. The standard InChI is InChI=1S/C35H34N2O6S/c1-23-11-17-31(18-12-23)44(40,41)36(21-27-9-7-6-8-10-27)22-30-16-15-29(43-30)20-32-33(35(39)42-5)26(4)37(34(32)38)28-14-13-24(2)25(3)19-28/h6-20H,21-22H2,1-5H3/b32-20+. The zero-order valence-corrected chi connectivity index (χ0v) is 26.1. The lowest BCUT2D eigenvalue weighted by molar-refractivity contribution is -0.136. The Hall–Kier alpha value is -4.73. The Morgan fingerprint density at radius 1 is 0.886 bits per heavy atom. The molecular formula is C35H34N2O6S. The first kappa shape index (κ1) is 30.7.